The Hall–Kier alpha value is -1.73. The van der Waals surface area contributed by atoms with E-state index in [1.807, 2.05) is 6.92 Å². The molecule has 7 heteroatoms. The standard InChI is InChI=1S/C16H23N5O2/c1-11-7-17-14(22-11)9-20(2)13-5-6-21(8-13)10-15-18-16(19-23-15)12-3-4-12/h7,12-13H,3-6,8-10H2,1-2H3/t13-/m1/s1. The Morgan fingerprint density at radius 3 is 2.91 bits per heavy atom. The zero-order valence-corrected chi connectivity index (χ0v) is 13.7. The van der Waals surface area contributed by atoms with Crippen LogP contribution in [0.1, 0.15) is 48.5 Å². The normalized spacial score (nSPS) is 22.3. The first-order valence-electron chi connectivity index (χ1n) is 8.34. The quantitative estimate of drug-likeness (QED) is 0.806. The first kappa shape index (κ1) is 14.8. The summed E-state index contributed by atoms with van der Waals surface area (Å²) in [5, 5.41) is 4.09. The zero-order valence-electron chi connectivity index (χ0n) is 13.7. The molecule has 0 N–H and O–H groups in total. The molecule has 2 fully saturated rings. The van der Waals surface area contributed by atoms with Gasteiger partial charge in [0.1, 0.15) is 5.76 Å². The number of aryl methyl sites for hydroxylation is 1. The molecule has 0 unspecified atom stereocenters. The molecule has 4 rings (SSSR count). The number of likely N-dealkylation sites (N-methyl/N-ethyl adjacent to an activating group) is 1. The summed E-state index contributed by atoms with van der Waals surface area (Å²) < 4.78 is 10.9. The maximum atomic E-state index is 5.57. The molecule has 0 amide bonds. The summed E-state index contributed by atoms with van der Waals surface area (Å²) in [6, 6.07) is 0.507. The van der Waals surface area contributed by atoms with Crippen molar-refractivity contribution in [2.24, 2.45) is 0 Å². The van der Waals surface area contributed by atoms with Gasteiger partial charge in [-0.05, 0) is 33.2 Å². The number of hydrogen-bond acceptors (Lipinski definition) is 7. The van der Waals surface area contributed by atoms with Crippen molar-refractivity contribution in [3.63, 3.8) is 0 Å². The number of likely N-dealkylation sites (tertiary alicyclic amines) is 1. The first-order valence-corrected chi connectivity index (χ1v) is 8.34. The number of oxazole rings is 1. The summed E-state index contributed by atoms with van der Waals surface area (Å²) in [4.78, 5) is 13.5. The Morgan fingerprint density at radius 2 is 2.17 bits per heavy atom. The van der Waals surface area contributed by atoms with Crippen LogP contribution in [0.2, 0.25) is 0 Å². The minimum Gasteiger partial charge on any atom is -0.445 e. The molecular weight excluding hydrogens is 294 g/mol. The zero-order chi connectivity index (χ0) is 15.8. The summed E-state index contributed by atoms with van der Waals surface area (Å²) in [5.41, 5.74) is 0. The van der Waals surface area contributed by atoms with Gasteiger partial charge >= 0.3 is 0 Å². The maximum absolute atomic E-state index is 5.57. The van der Waals surface area contributed by atoms with E-state index in [4.69, 9.17) is 8.94 Å². The molecule has 7 nitrogen and oxygen atoms in total. The third kappa shape index (κ3) is 3.45. The van der Waals surface area contributed by atoms with Crippen LogP contribution in [-0.4, -0.2) is 51.1 Å². The molecule has 1 aliphatic carbocycles. The van der Waals surface area contributed by atoms with Crippen LogP contribution in [-0.2, 0) is 13.1 Å². The Morgan fingerprint density at radius 1 is 1.30 bits per heavy atom. The number of hydrogen-bond donors (Lipinski definition) is 0. The van der Waals surface area contributed by atoms with E-state index in [2.05, 4.69) is 32.0 Å². The van der Waals surface area contributed by atoms with E-state index in [0.717, 1.165) is 56.0 Å². The predicted octanol–water partition coefficient (Wildman–Crippen LogP) is 1.95. The monoisotopic (exact) mass is 317 g/mol. The minimum absolute atomic E-state index is 0.507. The molecule has 0 bridgehead atoms. The lowest BCUT2D eigenvalue weighted by atomic mass is 10.2. The average Bonchev–Trinajstić information content (AvgIpc) is 2.93. The van der Waals surface area contributed by atoms with Crippen LogP contribution in [0.3, 0.4) is 0 Å². The van der Waals surface area contributed by atoms with Crippen molar-refractivity contribution >= 4 is 0 Å². The summed E-state index contributed by atoms with van der Waals surface area (Å²) in [6.07, 6.45) is 5.32. The van der Waals surface area contributed by atoms with Crippen LogP contribution in [0, 0.1) is 6.92 Å². The van der Waals surface area contributed by atoms with Crippen molar-refractivity contribution in [3.05, 3.63) is 29.6 Å². The van der Waals surface area contributed by atoms with Gasteiger partial charge in [-0.25, -0.2) is 4.98 Å². The number of aromatic nitrogens is 3. The molecule has 2 aromatic heterocycles. The van der Waals surface area contributed by atoms with Gasteiger partial charge in [-0.15, -0.1) is 0 Å². The molecule has 0 radical (unpaired) electrons. The van der Waals surface area contributed by atoms with E-state index in [1.54, 1.807) is 6.20 Å². The summed E-state index contributed by atoms with van der Waals surface area (Å²) >= 11 is 0. The highest BCUT2D eigenvalue weighted by molar-refractivity contribution is 5.03. The van der Waals surface area contributed by atoms with Gasteiger partial charge in [0.05, 0.1) is 19.3 Å². The van der Waals surface area contributed by atoms with Crippen molar-refractivity contribution in [2.75, 3.05) is 20.1 Å². The topological polar surface area (TPSA) is 71.4 Å². The van der Waals surface area contributed by atoms with Gasteiger partial charge in [0, 0.05) is 25.0 Å². The fourth-order valence-corrected chi connectivity index (χ4v) is 3.16. The highest BCUT2D eigenvalue weighted by Crippen LogP contribution is 2.38. The Bertz CT molecular complexity index is 663. The van der Waals surface area contributed by atoms with Gasteiger partial charge in [0.15, 0.2) is 5.82 Å². The summed E-state index contributed by atoms with van der Waals surface area (Å²) in [7, 11) is 2.13. The van der Waals surface area contributed by atoms with Crippen molar-refractivity contribution in [2.45, 2.75) is 51.2 Å². The van der Waals surface area contributed by atoms with Crippen LogP contribution >= 0.6 is 0 Å². The third-order valence-electron chi connectivity index (χ3n) is 4.71. The van der Waals surface area contributed by atoms with Crippen molar-refractivity contribution < 1.29 is 8.94 Å². The fourth-order valence-electron chi connectivity index (χ4n) is 3.16. The molecule has 124 valence electrons. The summed E-state index contributed by atoms with van der Waals surface area (Å²) in [6.45, 7) is 5.49. The molecule has 1 saturated heterocycles. The SMILES string of the molecule is Cc1cnc(CN(C)[C@@H]2CCN(Cc3nc(C4CC4)no3)C2)o1. The minimum atomic E-state index is 0.507. The Balaban J connectivity index is 1.29. The highest BCUT2D eigenvalue weighted by Gasteiger charge is 2.30. The van der Waals surface area contributed by atoms with Crippen LogP contribution < -0.4 is 0 Å². The van der Waals surface area contributed by atoms with Crippen molar-refractivity contribution in [1.82, 2.24) is 24.9 Å². The molecule has 23 heavy (non-hydrogen) atoms. The van der Waals surface area contributed by atoms with Gasteiger partial charge in [0.2, 0.25) is 11.8 Å². The first-order chi connectivity index (χ1) is 11.2. The Kier molecular flexibility index (Phi) is 3.90. The van der Waals surface area contributed by atoms with Crippen LogP contribution in [0.5, 0.6) is 0 Å². The van der Waals surface area contributed by atoms with Gasteiger partial charge in [-0.3, -0.25) is 9.80 Å². The second kappa shape index (κ2) is 6.05. The molecule has 3 heterocycles. The second-order valence-electron chi connectivity index (χ2n) is 6.78. The van der Waals surface area contributed by atoms with Crippen LogP contribution in [0.15, 0.2) is 15.1 Å². The number of rotatable bonds is 6. The van der Waals surface area contributed by atoms with E-state index in [1.165, 1.54) is 12.8 Å². The largest absolute Gasteiger partial charge is 0.445 e. The van der Waals surface area contributed by atoms with Crippen LogP contribution in [0.4, 0.5) is 0 Å². The molecule has 0 aromatic carbocycles. The van der Waals surface area contributed by atoms with Gasteiger partial charge in [0.25, 0.3) is 0 Å². The molecule has 1 aliphatic heterocycles. The third-order valence-corrected chi connectivity index (χ3v) is 4.71. The smallest absolute Gasteiger partial charge is 0.240 e. The Labute approximate surface area is 135 Å². The average molecular weight is 317 g/mol. The molecule has 2 aromatic rings. The molecular formula is C16H23N5O2. The lowest BCUT2D eigenvalue weighted by Gasteiger charge is -2.22. The van der Waals surface area contributed by atoms with E-state index in [9.17, 15) is 0 Å². The van der Waals surface area contributed by atoms with E-state index in [-0.39, 0.29) is 0 Å². The number of nitrogens with zero attached hydrogens (tertiary/aromatic N) is 5. The van der Waals surface area contributed by atoms with Gasteiger partial charge in [-0.1, -0.05) is 5.16 Å². The molecule has 2 aliphatic rings. The molecule has 0 spiro atoms. The molecule has 1 saturated carbocycles. The van der Waals surface area contributed by atoms with Crippen LogP contribution in [0.25, 0.3) is 0 Å². The lowest BCUT2D eigenvalue weighted by Crippen LogP contribution is -2.34. The predicted molar refractivity (Wildman–Crippen MR) is 82.7 cm³/mol. The maximum Gasteiger partial charge on any atom is 0.240 e. The van der Waals surface area contributed by atoms with Crippen molar-refractivity contribution in [1.29, 1.82) is 0 Å². The highest BCUT2D eigenvalue weighted by atomic mass is 16.5. The summed E-state index contributed by atoms with van der Waals surface area (Å²) in [5.74, 6) is 3.85. The fraction of sp³-hybridized carbons (Fsp3) is 0.688. The second-order valence-corrected chi connectivity index (χ2v) is 6.78. The molecule has 1 atom stereocenters. The van der Waals surface area contributed by atoms with Crippen molar-refractivity contribution in [3.8, 4) is 0 Å². The van der Waals surface area contributed by atoms with E-state index in [0.29, 0.717) is 12.0 Å². The van der Waals surface area contributed by atoms with E-state index >= 15 is 0 Å². The van der Waals surface area contributed by atoms with E-state index < -0.39 is 0 Å². The van der Waals surface area contributed by atoms with Gasteiger partial charge in [-0.2, -0.15) is 4.98 Å². The van der Waals surface area contributed by atoms with Gasteiger partial charge < -0.3 is 8.94 Å². The lowest BCUT2D eigenvalue weighted by molar-refractivity contribution is 0.197.